The highest BCUT2D eigenvalue weighted by molar-refractivity contribution is 6.20. The van der Waals surface area contributed by atoms with Gasteiger partial charge in [0.15, 0.2) is 0 Å². The SMILES string of the molecule is CN(C)C1CCCC(Cl)C1. The van der Waals surface area contributed by atoms with Crippen molar-refractivity contribution in [1.29, 1.82) is 0 Å². The molecule has 0 heterocycles. The van der Waals surface area contributed by atoms with Crippen molar-refractivity contribution in [2.24, 2.45) is 0 Å². The first-order valence-electron chi connectivity index (χ1n) is 4.00. The molecular formula is C8H16ClN. The highest BCUT2D eigenvalue weighted by Crippen LogP contribution is 2.24. The van der Waals surface area contributed by atoms with Crippen LogP contribution in [0.2, 0.25) is 0 Å². The molecule has 1 saturated carbocycles. The topological polar surface area (TPSA) is 3.24 Å². The molecule has 0 spiro atoms. The molecule has 0 aromatic rings. The predicted octanol–water partition coefficient (Wildman–Crippen LogP) is 2.10. The van der Waals surface area contributed by atoms with Gasteiger partial charge >= 0.3 is 0 Å². The van der Waals surface area contributed by atoms with Gasteiger partial charge in [0.1, 0.15) is 0 Å². The molecule has 1 aliphatic rings. The van der Waals surface area contributed by atoms with E-state index in [4.69, 9.17) is 11.6 Å². The highest BCUT2D eigenvalue weighted by atomic mass is 35.5. The molecule has 0 aliphatic heterocycles. The van der Waals surface area contributed by atoms with Crippen LogP contribution >= 0.6 is 11.6 Å². The van der Waals surface area contributed by atoms with Crippen molar-refractivity contribution in [3.05, 3.63) is 0 Å². The maximum absolute atomic E-state index is 6.03. The van der Waals surface area contributed by atoms with Gasteiger partial charge in [-0.2, -0.15) is 0 Å². The molecule has 1 aliphatic carbocycles. The summed E-state index contributed by atoms with van der Waals surface area (Å²) in [6.45, 7) is 0. The second-order valence-electron chi connectivity index (χ2n) is 3.38. The molecule has 2 heteroatoms. The molecule has 2 unspecified atom stereocenters. The van der Waals surface area contributed by atoms with E-state index in [1.807, 2.05) is 0 Å². The third-order valence-corrected chi connectivity index (χ3v) is 2.71. The largest absolute Gasteiger partial charge is 0.306 e. The zero-order valence-electron chi connectivity index (χ0n) is 6.81. The Hall–Kier alpha value is 0.250. The minimum absolute atomic E-state index is 0.432. The summed E-state index contributed by atoms with van der Waals surface area (Å²) >= 11 is 6.03. The Labute approximate surface area is 68.4 Å². The minimum Gasteiger partial charge on any atom is -0.306 e. The number of nitrogens with zero attached hydrogens (tertiary/aromatic N) is 1. The number of alkyl halides is 1. The summed E-state index contributed by atoms with van der Waals surface area (Å²) < 4.78 is 0. The number of hydrogen-bond donors (Lipinski definition) is 0. The van der Waals surface area contributed by atoms with Crippen molar-refractivity contribution in [3.63, 3.8) is 0 Å². The second kappa shape index (κ2) is 3.59. The lowest BCUT2D eigenvalue weighted by atomic mass is 9.94. The third kappa shape index (κ3) is 2.14. The van der Waals surface area contributed by atoms with Gasteiger partial charge in [-0.05, 0) is 33.4 Å². The van der Waals surface area contributed by atoms with Gasteiger partial charge in [0.25, 0.3) is 0 Å². The quantitative estimate of drug-likeness (QED) is 0.533. The average Bonchev–Trinajstić information content (AvgIpc) is 1.88. The van der Waals surface area contributed by atoms with Crippen LogP contribution in [0.4, 0.5) is 0 Å². The molecule has 1 rings (SSSR count). The van der Waals surface area contributed by atoms with Gasteiger partial charge < -0.3 is 4.90 Å². The Morgan fingerprint density at radius 1 is 1.30 bits per heavy atom. The Bertz CT molecular complexity index is 103. The molecule has 2 atom stereocenters. The van der Waals surface area contributed by atoms with Crippen LogP contribution in [-0.4, -0.2) is 30.4 Å². The van der Waals surface area contributed by atoms with E-state index in [9.17, 15) is 0 Å². The van der Waals surface area contributed by atoms with Gasteiger partial charge in [0.05, 0.1) is 0 Å². The fourth-order valence-corrected chi connectivity index (χ4v) is 1.93. The molecule has 0 aromatic carbocycles. The summed E-state index contributed by atoms with van der Waals surface area (Å²) in [4.78, 5) is 2.29. The molecule has 0 bridgehead atoms. The van der Waals surface area contributed by atoms with Crippen LogP contribution < -0.4 is 0 Å². The van der Waals surface area contributed by atoms with Crippen LogP contribution in [0.25, 0.3) is 0 Å². The van der Waals surface area contributed by atoms with Crippen molar-refractivity contribution in [2.75, 3.05) is 14.1 Å². The first kappa shape index (κ1) is 8.35. The van der Waals surface area contributed by atoms with E-state index in [0.29, 0.717) is 5.38 Å². The van der Waals surface area contributed by atoms with Crippen LogP contribution in [0.1, 0.15) is 25.7 Å². The van der Waals surface area contributed by atoms with Crippen LogP contribution in [0.3, 0.4) is 0 Å². The number of halogens is 1. The van der Waals surface area contributed by atoms with E-state index in [2.05, 4.69) is 19.0 Å². The zero-order valence-corrected chi connectivity index (χ0v) is 7.56. The molecule has 0 radical (unpaired) electrons. The van der Waals surface area contributed by atoms with E-state index in [1.165, 1.54) is 25.7 Å². The Morgan fingerprint density at radius 2 is 2.00 bits per heavy atom. The van der Waals surface area contributed by atoms with E-state index < -0.39 is 0 Å². The van der Waals surface area contributed by atoms with Gasteiger partial charge in [0, 0.05) is 11.4 Å². The van der Waals surface area contributed by atoms with Gasteiger partial charge in [0.2, 0.25) is 0 Å². The van der Waals surface area contributed by atoms with Gasteiger partial charge in [-0.25, -0.2) is 0 Å². The van der Waals surface area contributed by atoms with Crippen LogP contribution in [-0.2, 0) is 0 Å². The Morgan fingerprint density at radius 3 is 2.40 bits per heavy atom. The summed E-state index contributed by atoms with van der Waals surface area (Å²) in [5.74, 6) is 0. The van der Waals surface area contributed by atoms with Crippen molar-refractivity contribution in [3.8, 4) is 0 Å². The summed E-state index contributed by atoms with van der Waals surface area (Å²) in [5, 5.41) is 0.432. The van der Waals surface area contributed by atoms with E-state index in [0.717, 1.165) is 6.04 Å². The maximum Gasteiger partial charge on any atom is 0.0351 e. The van der Waals surface area contributed by atoms with E-state index in [-0.39, 0.29) is 0 Å². The van der Waals surface area contributed by atoms with Crippen LogP contribution in [0, 0.1) is 0 Å². The van der Waals surface area contributed by atoms with Gasteiger partial charge in [-0.1, -0.05) is 6.42 Å². The number of rotatable bonds is 1. The molecule has 1 nitrogen and oxygen atoms in total. The monoisotopic (exact) mass is 161 g/mol. The smallest absolute Gasteiger partial charge is 0.0351 e. The molecule has 0 N–H and O–H groups in total. The second-order valence-corrected chi connectivity index (χ2v) is 4.00. The molecule has 60 valence electrons. The lowest BCUT2D eigenvalue weighted by Crippen LogP contribution is -2.33. The van der Waals surface area contributed by atoms with E-state index in [1.54, 1.807) is 0 Å². The lowest BCUT2D eigenvalue weighted by molar-refractivity contribution is 0.231. The van der Waals surface area contributed by atoms with Gasteiger partial charge in [-0.3, -0.25) is 0 Å². The summed E-state index contributed by atoms with van der Waals surface area (Å²) in [5.41, 5.74) is 0. The highest BCUT2D eigenvalue weighted by Gasteiger charge is 2.20. The lowest BCUT2D eigenvalue weighted by Gasteiger charge is -2.30. The Balaban J connectivity index is 2.32. The fourth-order valence-electron chi connectivity index (χ4n) is 1.57. The first-order valence-corrected chi connectivity index (χ1v) is 4.44. The normalized spacial score (nSPS) is 34.8. The summed E-state index contributed by atoms with van der Waals surface area (Å²) in [7, 11) is 4.28. The first-order chi connectivity index (χ1) is 4.70. The molecule has 1 fully saturated rings. The van der Waals surface area contributed by atoms with Crippen molar-refractivity contribution < 1.29 is 0 Å². The molecule has 0 saturated heterocycles. The predicted molar refractivity (Wildman–Crippen MR) is 45.6 cm³/mol. The number of hydrogen-bond acceptors (Lipinski definition) is 1. The van der Waals surface area contributed by atoms with Crippen molar-refractivity contribution in [1.82, 2.24) is 4.90 Å². The standard InChI is InChI=1S/C8H16ClN/c1-10(2)8-5-3-4-7(9)6-8/h7-8H,3-6H2,1-2H3. The maximum atomic E-state index is 6.03. The third-order valence-electron chi connectivity index (χ3n) is 2.31. The molecule has 0 amide bonds. The summed E-state index contributed by atoms with van der Waals surface area (Å²) in [6.07, 6.45) is 5.02. The van der Waals surface area contributed by atoms with Crippen molar-refractivity contribution >= 4 is 11.6 Å². The fraction of sp³-hybridized carbons (Fsp3) is 1.00. The Kier molecular flexibility index (Phi) is 2.99. The zero-order chi connectivity index (χ0) is 7.56. The summed E-state index contributed by atoms with van der Waals surface area (Å²) in [6, 6.07) is 0.733. The molecular weight excluding hydrogens is 146 g/mol. The molecule has 10 heavy (non-hydrogen) atoms. The van der Waals surface area contributed by atoms with Crippen molar-refractivity contribution in [2.45, 2.75) is 37.1 Å². The molecule has 0 aromatic heterocycles. The van der Waals surface area contributed by atoms with Crippen LogP contribution in [0.5, 0.6) is 0 Å². The van der Waals surface area contributed by atoms with Crippen LogP contribution in [0.15, 0.2) is 0 Å². The van der Waals surface area contributed by atoms with Gasteiger partial charge in [-0.15, -0.1) is 11.6 Å². The average molecular weight is 162 g/mol. The minimum atomic E-state index is 0.432. The van der Waals surface area contributed by atoms with E-state index >= 15 is 0 Å².